The molecule has 3 aromatic rings. The molecule has 1 fully saturated rings. The number of ether oxygens (including phenoxy) is 2. The van der Waals surface area contributed by atoms with Gasteiger partial charge in [-0.25, -0.2) is 4.79 Å². The van der Waals surface area contributed by atoms with E-state index in [4.69, 9.17) is 9.47 Å². The van der Waals surface area contributed by atoms with Gasteiger partial charge in [-0.1, -0.05) is 25.5 Å². The zero-order valence-electron chi connectivity index (χ0n) is 20.8. The number of aromatic amines is 1. The van der Waals surface area contributed by atoms with Crippen molar-refractivity contribution < 1.29 is 24.2 Å². The van der Waals surface area contributed by atoms with E-state index in [-0.39, 0.29) is 11.8 Å². The number of carbonyl (C=O) groups is 2. The van der Waals surface area contributed by atoms with Crippen LogP contribution in [0.1, 0.15) is 72.2 Å². The lowest BCUT2D eigenvalue weighted by atomic mass is 9.85. The molecular formula is C28H34N2O5. The Labute approximate surface area is 206 Å². The summed E-state index contributed by atoms with van der Waals surface area (Å²) in [6, 6.07) is 11.3. The number of H-pyrrole nitrogens is 1. The Balaban J connectivity index is 1.74. The van der Waals surface area contributed by atoms with Crippen molar-refractivity contribution >= 4 is 22.8 Å². The van der Waals surface area contributed by atoms with Crippen LogP contribution in [-0.4, -0.2) is 54.2 Å². The van der Waals surface area contributed by atoms with Gasteiger partial charge >= 0.3 is 5.97 Å². The quantitative estimate of drug-likeness (QED) is 0.431. The maximum Gasteiger partial charge on any atom is 0.337 e. The summed E-state index contributed by atoms with van der Waals surface area (Å²) in [5, 5.41) is 12.1. The van der Waals surface area contributed by atoms with Crippen LogP contribution in [0.25, 0.3) is 10.9 Å². The molecule has 4 rings (SSSR count). The predicted molar refractivity (Wildman–Crippen MR) is 135 cm³/mol. The van der Waals surface area contributed by atoms with Gasteiger partial charge < -0.3 is 24.5 Å². The van der Waals surface area contributed by atoms with Crippen molar-refractivity contribution in [1.82, 2.24) is 9.88 Å². The Morgan fingerprint density at radius 1 is 1.17 bits per heavy atom. The number of aliphatic hydroxyl groups is 1. The number of carbonyl (C=O) groups excluding carboxylic acids is 2. The Bertz CT molecular complexity index is 1220. The molecule has 1 aliphatic heterocycles. The van der Waals surface area contributed by atoms with Gasteiger partial charge in [-0.05, 0) is 55.2 Å². The van der Waals surface area contributed by atoms with Crippen LogP contribution >= 0.6 is 0 Å². The van der Waals surface area contributed by atoms with Crippen molar-refractivity contribution in [1.29, 1.82) is 0 Å². The minimum atomic E-state index is -0.843. The highest BCUT2D eigenvalue weighted by atomic mass is 16.5. The van der Waals surface area contributed by atoms with Gasteiger partial charge in [-0.15, -0.1) is 0 Å². The van der Waals surface area contributed by atoms with Crippen LogP contribution in [0.4, 0.5) is 0 Å². The number of esters is 1. The third-order valence-corrected chi connectivity index (χ3v) is 7.16. The number of aromatic nitrogens is 1. The van der Waals surface area contributed by atoms with E-state index in [0.29, 0.717) is 30.8 Å². The molecule has 0 saturated carbocycles. The fourth-order valence-corrected chi connectivity index (χ4v) is 5.25. The van der Waals surface area contributed by atoms with E-state index in [9.17, 15) is 14.7 Å². The normalized spacial score (nSPS) is 17.6. The summed E-state index contributed by atoms with van der Waals surface area (Å²) in [5.41, 5.74) is 4.23. The maximum absolute atomic E-state index is 12.7. The molecule has 1 aromatic heterocycles. The van der Waals surface area contributed by atoms with Crippen LogP contribution < -0.4 is 4.74 Å². The molecule has 1 saturated heterocycles. The van der Waals surface area contributed by atoms with Gasteiger partial charge in [0.05, 0.1) is 31.8 Å². The fraction of sp³-hybridized carbons (Fsp3) is 0.429. The molecule has 7 heteroatoms. The summed E-state index contributed by atoms with van der Waals surface area (Å²) >= 11 is 0. The molecule has 3 atom stereocenters. The molecule has 35 heavy (non-hydrogen) atoms. The number of methoxy groups -OCH3 is 2. The Morgan fingerprint density at radius 2 is 1.97 bits per heavy atom. The number of aliphatic hydroxyl groups excluding tert-OH is 1. The van der Waals surface area contributed by atoms with E-state index in [2.05, 4.69) is 11.9 Å². The van der Waals surface area contributed by atoms with E-state index in [0.717, 1.165) is 40.4 Å². The first kappa shape index (κ1) is 24.8. The molecule has 2 heterocycles. The van der Waals surface area contributed by atoms with Gasteiger partial charge in [0, 0.05) is 41.7 Å². The summed E-state index contributed by atoms with van der Waals surface area (Å²) in [4.78, 5) is 29.9. The number of hydrogen-bond donors (Lipinski definition) is 2. The minimum absolute atomic E-state index is 0.0199. The lowest BCUT2D eigenvalue weighted by Gasteiger charge is -2.21. The summed E-state index contributed by atoms with van der Waals surface area (Å²) in [6.45, 7) is 5.45. The number of amides is 1. The highest BCUT2D eigenvalue weighted by molar-refractivity contribution is 5.90. The van der Waals surface area contributed by atoms with Crippen molar-refractivity contribution in [2.45, 2.75) is 45.1 Å². The number of hydrogen-bond acceptors (Lipinski definition) is 5. The lowest BCUT2D eigenvalue weighted by Crippen LogP contribution is -2.29. The summed E-state index contributed by atoms with van der Waals surface area (Å²) in [5.74, 6) is -0.142. The Morgan fingerprint density at radius 3 is 2.63 bits per heavy atom. The average Bonchev–Trinajstić information content (AvgIpc) is 3.48. The molecule has 1 amide bonds. The van der Waals surface area contributed by atoms with Crippen LogP contribution in [0.3, 0.4) is 0 Å². The van der Waals surface area contributed by atoms with Crippen molar-refractivity contribution in [3.05, 3.63) is 64.8 Å². The standard InChI is InChI=1S/C28H34N2O5/c1-5-7-19(20-10-8-18(28(33)35-4)15-25(20)34-3)23-16-29-24-11-9-17(14-22(23)24)26(31)21-12-13-30(6-2)27(21)32/h8-11,14-16,19,21,26,29,31H,5-7,12-13H2,1-4H3. The molecule has 3 unspecified atom stereocenters. The van der Waals surface area contributed by atoms with E-state index >= 15 is 0 Å². The zero-order chi connectivity index (χ0) is 25.1. The molecule has 2 aromatic carbocycles. The van der Waals surface area contributed by atoms with Gasteiger partial charge in [0.15, 0.2) is 0 Å². The van der Waals surface area contributed by atoms with E-state index in [1.165, 1.54) is 7.11 Å². The van der Waals surface area contributed by atoms with Crippen LogP contribution in [0.5, 0.6) is 5.75 Å². The second-order valence-electron chi connectivity index (χ2n) is 9.10. The highest BCUT2D eigenvalue weighted by Crippen LogP contribution is 2.40. The fourth-order valence-electron chi connectivity index (χ4n) is 5.25. The predicted octanol–water partition coefficient (Wildman–Crippen LogP) is 4.80. The molecular weight excluding hydrogens is 444 g/mol. The smallest absolute Gasteiger partial charge is 0.337 e. The number of benzene rings is 2. The van der Waals surface area contributed by atoms with E-state index < -0.39 is 18.0 Å². The highest BCUT2D eigenvalue weighted by Gasteiger charge is 2.36. The van der Waals surface area contributed by atoms with Crippen LogP contribution in [0.15, 0.2) is 42.6 Å². The largest absolute Gasteiger partial charge is 0.496 e. The molecule has 7 nitrogen and oxygen atoms in total. The van der Waals surface area contributed by atoms with Crippen molar-refractivity contribution in [3.8, 4) is 5.75 Å². The summed E-state index contributed by atoms with van der Waals surface area (Å²) in [7, 11) is 2.96. The second-order valence-corrected chi connectivity index (χ2v) is 9.10. The first-order chi connectivity index (χ1) is 16.9. The molecule has 0 spiro atoms. The second kappa shape index (κ2) is 10.5. The molecule has 2 N–H and O–H groups in total. The van der Waals surface area contributed by atoms with Crippen molar-refractivity contribution in [3.63, 3.8) is 0 Å². The summed E-state index contributed by atoms with van der Waals surface area (Å²) < 4.78 is 10.5. The third-order valence-electron chi connectivity index (χ3n) is 7.16. The number of fused-ring (bicyclic) bond motifs is 1. The molecule has 1 aliphatic rings. The molecule has 0 bridgehead atoms. The summed E-state index contributed by atoms with van der Waals surface area (Å²) in [6.07, 6.45) is 3.65. The van der Waals surface area contributed by atoms with Gasteiger partial charge in [0.1, 0.15) is 5.75 Å². The third kappa shape index (κ3) is 4.65. The topological polar surface area (TPSA) is 91.9 Å². The van der Waals surface area contributed by atoms with Gasteiger partial charge in [-0.2, -0.15) is 0 Å². The van der Waals surface area contributed by atoms with Crippen LogP contribution in [-0.2, 0) is 9.53 Å². The maximum atomic E-state index is 12.7. The first-order valence-corrected chi connectivity index (χ1v) is 12.3. The zero-order valence-corrected chi connectivity index (χ0v) is 20.8. The van der Waals surface area contributed by atoms with Crippen molar-refractivity contribution in [2.24, 2.45) is 5.92 Å². The van der Waals surface area contributed by atoms with Crippen molar-refractivity contribution in [2.75, 3.05) is 27.3 Å². The van der Waals surface area contributed by atoms with Crippen LogP contribution in [0.2, 0.25) is 0 Å². The van der Waals surface area contributed by atoms with Gasteiger partial charge in [-0.3, -0.25) is 4.79 Å². The monoisotopic (exact) mass is 478 g/mol. The first-order valence-electron chi connectivity index (χ1n) is 12.3. The van der Waals surface area contributed by atoms with Gasteiger partial charge in [0.25, 0.3) is 0 Å². The molecule has 186 valence electrons. The number of nitrogens with zero attached hydrogens (tertiary/aromatic N) is 1. The van der Waals surface area contributed by atoms with E-state index in [1.54, 1.807) is 24.1 Å². The molecule has 0 aliphatic carbocycles. The minimum Gasteiger partial charge on any atom is -0.496 e. The molecule has 0 radical (unpaired) electrons. The average molecular weight is 479 g/mol. The number of nitrogens with one attached hydrogen (secondary N) is 1. The van der Waals surface area contributed by atoms with E-state index in [1.807, 2.05) is 37.4 Å². The SMILES string of the molecule is CCCC(c1ccc(C(=O)OC)cc1OC)c1c[nH]c2ccc(C(O)C3CCN(CC)C3=O)cc12. The Hall–Kier alpha value is -3.32. The lowest BCUT2D eigenvalue weighted by molar-refractivity contribution is -0.133. The number of likely N-dealkylation sites (tertiary alicyclic amines) is 1. The van der Waals surface area contributed by atoms with Crippen LogP contribution in [0, 0.1) is 5.92 Å². The Kier molecular flexibility index (Phi) is 7.45. The van der Waals surface area contributed by atoms with Gasteiger partial charge in [0.2, 0.25) is 5.91 Å². The number of rotatable bonds is 9.